The normalized spacial score (nSPS) is 12.3. The highest BCUT2D eigenvalue weighted by Crippen LogP contribution is 2.15. The molecule has 6 nitrogen and oxygen atoms in total. The first-order valence-corrected chi connectivity index (χ1v) is 6.82. The number of nitrogens with one attached hydrogen (secondary N) is 1. The number of rotatable bonds is 7. The minimum atomic E-state index is -1.45. The molecule has 1 atom stereocenters. The fraction of sp³-hybridized carbons (Fsp3) is 0.312. The van der Waals surface area contributed by atoms with Crippen LogP contribution < -0.4 is 5.32 Å². The summed E-state index contributed by atoms with van der Waals surface area (Å²) in [6, 6.07) is 6.16. The molecule has 0 aliphatic carbocycles. The zero-order valence-corrected chi connectivity index (χ0v) is 12.4. The van der Waals surface area contributed by atoms with Crippen LogP contribution in [0.5, 0.6) is 0 Å². The van der Waals surface area contributed by atoms with Crippen molar-refractivity contribution >= 4 is 23.9 Å². The number of hydrogen-bond acceptors (Lipinski definition) is 3. The van der Waals surface area contributed by atoms with Crippen molar-refractivity contribution in [1.29, 1.82) is 0 Å². The van der Waals surface area contributed by atoms with Crippen molar-refractivity contribution in [2.75, 3.05) is 0 Å². The molecular formula is C16H19NO5. The lowest BCUT2D eigenvalue weighted by molar-refractivity contribution is -0.146. The molecule has 0 saturated carbocycles. The van der Waals surface area contributed by atoms with E-state index in [9.17, 15) is 14.4 Å². The summed E-state index contributed by atoms with van der Waals surface area (Å²) in [5.41, 5.74) is 1.97. The Balaban J connectivity index is 2.66. The number of hydrogen-bond donors (Lipinski definition) is 3. The Bertz CT molecular complexity index is 575. The SMILES string of the molecule is CC(C)c1ccc(/C=C/C(=O)NC(CC(=O)O)C(=O)O)cc1. The highest BCUT2D eigenvalue weighted by molar-refractivity contribution is 5.95. The van der Waals surface area contributed by atoms with E-state index in [0.717, 1.165) is 5.56 Å². The van der Waals surface area contributed by atoms with Crippen LogP contribution >= 0.6 is 0 Å². The molecule has 0 spiro atoms. The molecule has 6 heteroatoms. The lowest BCUT2D eigenvalue weighted by Gasteiger charge is -2.10. The molecule has 1 aromatic carbocycles. The van der Waals surface area contributed by atoms with Gasteiger partial charge in [-0.1, -0.05) is 38.1 Å². The topological polar surface area (TPSA) is 104 Å². The first kappa shape index (κ1) is 17.4. The van der Waals surface area contributed by atoms with Gasteiger partial charge in [-0.05, 0) is 23.1 Å². The van der Waals surface area contributed by atoms with Crippen LogP contribution in [0.25, 0.3) is 6.08 Å². The van der Waals surface area contributed by atoms with Crippen LogP contribution in [-0.2, 0) is 14.4 Å². The van der Waals surface area contributed by atoms with Crippen LogP contribution in [0.3, 0.4) is 0 Å². The number of carboxylic acids is 2. The van der Waals surface area contributed by atoms with Gasteiger partial charge in [0.05, 0.1) is 6.42 Å². The second-order valence-corrected chi connectivity index (χ2v) is 5.15. The van der Waals surface area contributed by atoms with Gasteiger partial charge in [0.1, 0.15) is 6.04 Å². The Kier molecular flexibility index (Phi) is 6.31. The largest absolute Gasteiger partial charge is 0.481 e. The molecule has 0 radical (unpaired) electrons. The highest BCUT2D eigenvalue weighted by atomic mass is 16.4. The predicted octanol–water partition coefficient (Wildman–Crippen LogP) is 1.87. The van der Waals surface area contributed by atoms with Crippen LogP contribution in [0.1, 0.15) is 37.3 Å². The van der Waals surface area contributed by atoms with Gasteiger partial charge in [-0.3, -0.25) is 9.59 Å². The molecule has 1 rings (SSSR count). The van der Waals surface area contributed by atoms with Crippen LogP contribution in [0, 0.1) is 0 Å². The molecule has 0 saturated heterocycles. The van der Waals surface area contributed by atoms with Gasteiger partial charge in [-0.2, -0.15) is 0 Å². The van der Waals surface area contributed by atoms with Crippen molar-refractivity contribution in [3.05, 3.63) is 41.5 Å². The van der Waals surface area contributed by atoms with E-state index in [1.807, 2.05) is 24.3 Å². The lowest BCUT2D eigenvalue weighted by Crippen LogP contribution is -2.41. The molecule has 0 aromatic heterocycles. The maximum absolute atomic E-state index is 11.6. The quantitative estimate of drug-likeness (QED) is 0.667. The lowest BCUT2D eigenvalue weighted by atomic mass is 10.0. The number of aliphatic carboxylic acids is 2. The molecule has 3 N–H and O–H groups in total. The molecule has 1 amide bonds. The van der Waals surface area contributed by atoms with Crippen molar-refractivity contribution < 1.29 is 24.6 Å². The van der Waals surface area contributed by atoms with Crippen LogP contribution in [0.4, 0.5) is 0 Å². The number of carboxylic acid groups (broad SMARTS) is 2. The molecule has 22 heavy (non-hydrogen) atoms. The van der Waals surface area contributed by atoms with E-state index in [-0.39, 0.29) is 0 Å². The second kappa shape index (κ2) is 7.97. The molecule has 0 fully saturated rings. The average molecular weight is 305 g/mol. The summed E-state index contributed by atoms with van der Waals surface area (Å²) in [5.74, 6) is -2.92. The predicted molar refractivity (Wildman–Crippen MR) is 81.4 cm³/mol. The smallest absolute Gasteiger partial charge is 0.326 e. The minimum absolute atomic E-state index is 0.411. The second-order valence-electron chi connectivity index (χ2n) is 5.15. The maximum atomic E-state index is 11.6. The Hall–Kier alpha value is -2.63. The van der Waals surface area contributed by atoms with E-state index in [1.165, 1.54) is 11.6 Å². The summed E-state index contributed by atoms with van der Waals surface area (Å²) >= 11 is 0. The van der Waals surface area contributed by atoms with Gasteiger partial charge in [0.2, 0.25) is 5.91 Å². The molecule has 1 aromatic rings. The van der Waals surface area contributed by atoms with Gasteiger partial charge in [0, 0.05) is 6.08 Å². The third-order valence-electron chi connectivity index (χ3n) is 3.02. The minimum Gasteiger partial charge on any atom is -0.481 e. The zero-order valence-electron chi connectivity index (χ0n) is 12.4. The average Bonchev–Trinajstić information content (AvgIpc) is 2.44. The fourth-order valence-corrected chi connectivity index (χ4v) is 1.76. The first-order valence-electron chi connectivity index (χ1n) is 6.82. The van der Waals surface area contributed by atoms with Gasteiger partial charge >= 0.3 is 11.9 Å². The third-order valence-corrected chi connectivity index (χ3v) is 3.02. The zero-order chi connectivity index (χ0) is 16.7. The molecule has 0 aliphatic rings. The van der Waals surface area contributed by atoms with Gasteiger partial charge < -0.3 is 15.5 Å². The molecular weight excluding hydrogens is 286 g/mol. The van der Waals surface area contributed by atoms with Crippen molar-refractivity contribution in [2.24, 2.45) is 0 Å². The summed E-state index contributed by atoms with van der Waals surface area (Å²) in [7, 11) is 0. The summed E-state index contributed by atoms with van der Waals surface area (Å²) in [4.78, 5) is 33.0. The fourth-order valence-electron chi connectivity index (χ4n) is 1.76. The van der Waals surface area contributed by atoms with E-state index < -0.39 is 30.3 Å². The number of amides is 1. The number of carbonyl (C=O) groups excluding carboxylic acids is 1. The summed E-state index contributed by atoms with van der Waals surface area (Å²) in [5, 5.41) is 19.6. The van der Waals surface area contributed by atoms with E-state index in [2.05, 4.69) is 19.2 Å². The van der Waals surface area contributed by atoms with E-state index in [0.29, 0.717) is 5.92 Å². The Labute approximate surface area is 128 Å². The monoisotopic (exact) mass is 305 g/mol. The van der Waals surface area contributed by atoms with Crippen LogP contribution in [0.15, 0.2) is 30.3 Å². The molecule has 0 bridgehead atoms. The van der Waals surface area contributed by atoms with Crippen molar-refractivity contribution in [2.45, 2.75) is 32.2 Å². The Morgan fingerprint density at radius 1 is 1.14 bits per heavy atom. The highest BCUT2D eigenvalue weighted by Gasteiger charge is 2.21. The number of benzene rings is 1. The van der Waals surface area contributed by atoms with Crippen LogP contribution in [-0.4, -0.2) is 34.1 Å². The third kappa shape index (κ3) is 5.78. The van der Waals surface area contributed by atoms with E-state index in [4.69, 9.17) is 10.2 Å². The van der Waals surface area contributed by atoms with Crippen molar-refractivity contribution in [1.82, 2.24) is 5.32 Å². The van der Waals surface area contributed by atoms with Gasteiger partial charge in [0.15, 0.2) is 0 Å². The van der Waals surface area contributed by atoms with Gasteiger partial charge in [-0.25, -0.2) is 4.79 Å². The Morgan fingerprint density at radius 2 is 1.73 bits per heavy atom. The summed E-state index contributed by atoms with van der Waals surface area (Å²) in [6.45, 7) is 4.15. The van der Waals surface area contributed by atoms with Crippen LogP contribution in [0.2, 0.25) is 0 Å². The standard InChI is InChI=1S/C16H19NO5/c1-10(2)12-6-3-11(4-7-12)5-8-14(18)17-13(16(21)22)9-15(19)20/h3-8,10,13H,9H2,1-2H3,(H,17,18)(H,19,20)(H,21,22)/b8-5+. The van der Waals surface area contributed by atoms with Gasteiger partial charge in [0.25, 0.3) is 0 Å². The maximum Gasteiger partial charge on any atom is 0.326 e. The summed E-state index contributed by atoms with van der Waals surface area (Å²) in [6.07, 6.45) is 2.05. The van der Waals surface area contributed by atoms with E-state index >= 15 is 0 Å². The van der Waals surface area contributed by atoms with Crippen molar-refractivity contribution in [3.8, 4) is 0 Å². The van der Waals surface area contributed by atoms with E-state index in [1.54, 1.807) is 6.08 Å². The number of carbonyl (C=O) groups is 3. The molecule has 1 unspecified atom stereocenters. The summed E-state index contributed by atoms with van der Waals surface area (Å²) < 4.78 is 0. The van der Waals surface area contributed by atoms with Crippen molar-refractivity contribution in [3.63, 3.8) is 0 Å². The molecule has 118 valence electrons. The van der Waals surface area contributed by atoms with Gasteiger partial charge in [-0.15, -0.1) is 0 Å². The molecule has 0 aliphatic heterocycles. The molecule has 0 heterocycles. The Morgan fingerprint density at radius 3 is 2.18 bits per heavy atom. The first-order chi connectivity index (χ1) is 10.3.